The van der Waals surface area contributed by atoms with Gasteiger partial charge in [-0.3, -0.25) is 10.1 Å². The van der Waals surface area contributed by atoms with Crippen molar-refractivity contribution in [1.29, 1.82) is 0 Å². The van der Waals surface area contributed by atoms with Gasteiger partial charge in [-0.1, -0.05) is 0 Å². The van der Waals surface area contributed by atoms with E-state index in [9.17, 15) is 9.59 Å². The highest BCUT2D eigenvalue weighted by Crippen LogP contribution is 1.65. The van der Waals surface area contributed by atoms with Gasteiger partial charge >= 0.3 is 6.03 Å². The second kappa shape index (κ2) is 4.75. The van der Waals surface area contributed by atoms with Crippen molar-refractivity contribution in [3.63, 3.8) is 0 Å². The Morgan fingerprint density at radius 2 is 2.10 bits per heavy atom. The molecular formula is C5H10N2O3. The molecule has 3 N–H and O–H groups in total. The van der Waals surface area contributed by atoms with Gasteiger partial charge in [0.05, 0.1) is 0 Å². The van der Waals surface area contributed by atoms with Crippen LogP contribution < -0.4 is 10.6 Å². The van der Waals surface area contributed by atoms with Gasteiger partial charge in [-0.05, 0) is 6.92 Å². The van der Waals surface area contributed by atoms with Crippen LogP contribution in [0.25, 0.3) is 0 Å². The van der Waals surface area contributed by atoms with Crippen molar-refractivity contribution in [2.24, 2.45) is 0 Å². The first-order valence-corrected chi connectivity index (χ1v) is 2.89. The van der Waals surface area contributed by atoms with E-state index in [-0.39, 0.29) is 0 Å². The number of carbonyl (C=O) groups is 2. The van der Waals surface area contributed by atoms with E-state index in [1.807, 2.05) is 5.32 Å². The Labute approximate surface area is 58.4 Å². The van der Waals surface area contributed by atoms with E-state index < -0.39 is 18.5 Å². The second-order valence-corrected chi connectivity index (χ2v) is 1.57. The highest BCUT2D eigenvalue weighted by Gasteiger charge is 2.02. The molecule has 58 valence electrons. The second-order valence-electron chi connectivity index (χ2n) is 1.57. The largest absolute Gasteiger partial charge is 0.387 e. The minimum atomic E-state index is -0.703. The minimum Gasteiger partial charge on any atom is -0.387 e. The first-order chi connectivity index (χ1) is 4.70. The smallest absolute Gasteiger partial charge is 0.321 e. The first kappa shape index (κ1) is 8.90. The van der Waals surface area contributed by atoms with Crippen molar-refractivity contribution in [3.05, 3.63) is 0 Å². The lowest BCUT2D eigenvalue weighted by Crippen LogP contribution is -2.40. The Bertz CT molecular complexity index is 135. The summed E-state index contributed by atoms with van der Waals surface area (Å²) >= 11 is 0. The van der Waals surface area contributed by atoms with Crippen LogP contribution in [-0.4, -0.2) is 30.2 Å². The number of rotatable bonds is 2. The van der Waals surface area contributed by atoms with E-state index in [4.69, 9.17) is 5.11 Å². The lowest BCUT2D eigenvalue weighted by molar-refractivity contribution is -0.122. The van der Waals surface area contributed by atoms with Crippen molar-refractivity contribution in [3.8, 4) is 0 Å². The maximum Gasteiger partial charge on any atom is 0.321 e. The molecule has 0 heterocycles. The first-order valence-electron chi connectivity index (χ1n) is 2.89. The molecule has 0 aliphatic rings. The van der Waals surface area contributed by atoms with Crippen LogP contribution in [0.2, 0.25) is 0 Å². The summed E-state index contributed by atoms with van der Waals surface area (Å²) in [5, 5.41) is 12.4. The van der Waals surface area contributed by atoms with E-state index in [1.54, 1.807) is 6.92 Å². The lowest BCUT2D eigenvalue weighted by atomic mass is 10.6. The van der Waals surface area contributed by atoms with Crippen LogP contribution in [0.5, 0.6) is 0 Å². The van der Waals surface area contributed by atoms with Gasteiger partial charge in [-0.25, -0.2) is 4.79 Å². The molecular weight excluding hydrogens is 136 g/mol. The minimum absolute atomic E-state index is 0.449. The number of aliphatic hydroxyl groups is 1. The molecule has 0 bridgehead atoms. The van der Waals surface area contributed by atoms with Crippen molar-refractivity contribution < 1.29 is 14.7 Å². The van der Waals surface area contributed by atoms with E-state index >= 15 is 0 Å². The molecule has 5 nitrogen and oxygen atoms in total. The molecule has 0 saturated carbocycles. The molecule has 5 heteroatoms. The Morgan fingerprint density at radius 3 is 2.50 bits per heavy atom. The zero-order valence-corrected chi connectivity index (χ0v) is 5.68. The van der Waals surface area contributed by atoms with Gasteiger partial charge in [0.25, 0.3) is 5.91 Å². The monoisotopic (exact) mass is 146 g/mol. The summed E-state index contributed by atoms with van der Waals surface area (Å²) in [7, 11) is 0. The molecule has 0 aromatic carbocycles. The molecule has 0 aromatic rings. The summed E-state index contributed by atoms with van der Waals surface area (Å²) in [5.74, 6) is -0.703. The van der Waals surface area contributed by atoms with E-state index in [1.165, 1.54) is 0 Å². The number of urea groups is 1. The summed E-state index contributed by atoms with van der Waals surface area (Å²) in [6.07, 6.45) is 0. The summed E-state index contributed by atoms with van der Waals surface area (Å²) in [5.41, 5.74) is 0. The number of amides is 3. The standard InChI is InChI=1S/C5H10N2O3/c1-2-6-5(10)7-4(9)3-8/h8H,2-3H2,1H3,(H2,6,7,9,10). The molecule has 0 radical (unpaired) electrons. The number of hydrogen-bond donors (Lipinski definition) is 3. The van der Waals surface area contributed by atoms with Crippen LogP contribution in [-0.2, 0) is 4.79 Å². The highest BCUT2D eigenvalue weighted by molar-refractivity contribution is 5.94. The zero-order chi connectivity index (χ0) is 7.98. The maximum atomic E-state index is 10.5. The Hall–Kier alpha value is -1.10. The molecule has 0 fully saturated rings. The van der Waals surface area contributed by atoms with Crippen LogP contribution in [0.4, 0.5) is 4.79 Å². The van der Waals surface area contributed by atoms with Crippen molar-refractivity contribution in [1.82, 2.24) is 10.6 Å². The average molecular weight is 146 g/mol. The molecule has 0 atom stereocenters. The van der Waals surface area contributed by atoms with E-state index in [0.717, 1.165) is 0 Å². The van der Waals surface area contributed by atoms with Gasteiger partial charge < -0.3 is 10.4 Å². The van der Waals surface area contributed by atoms with E-state index in [0.29, 0.717) is 6.54 Å². The Morgan fingerprint density at radius 1 is 1.50 bits per heavy atom. The van der Waals surface area contributed by atoms with Crippen molar-refractivity contribution in [2.45, 2.75) is 6.92 Å². The van der Waals surface area contributed by atoms with E-state index in [2.05, 4.69) is 5.32 Å². The maximum absolute atomic E-state index is 10.5. The van der Waals surface area contributed by atoms with Crippen LogP contribution in [0.3, 0.4) is 0 Å². The fourth-order valence-corrected chi connectivity index (χ4v) is 0.371. The molecule has 0 unspecified atom stereocenters. The molecule has 0 rings (SSSR count). The van der Waals surface area contributed by atoms with Crippen LogP contribution in [0.1, 0.15) is 6.92 Å². The van der Waals surface area contributed by atoms with Gasteiger partial charge in [0.1, 0.15) is 6.61 Å². The number of hydrogen-bond acceptors (Lipinski definition) is 3. The predicted octanol–water partition coefficient (Wildman–Crippen LogP) is -1.18. The summed E-state index contributed by atoms with van der Waals surface area (Å²) in [6.45, 7) is 1.50. The number of aliphatic hydroxyl groups excluding tert-OH is 1. The molecule has 3 amide bonds. The SMILES string of the molecule is CCNC(=O)NC(=O)CO. The third kappa shape index (κ3) is 3.85. The van der Waals surface area contributed by atoms with Gasteiger partial charge in [0, 0.05) is 6.54 Å². The van der Waals surface area contributed by atoms with Gasteiger partial charge in [0.15, 0.2) is 0 Å². The molecule has 10 heavy (non-hydrogen) atoms. The molecule has 0 saturated heterocycles. The fraction of sp³-hybridized carbons (Fsp3) is 0.600. The Balaban J connectivity index is 3.47. The number of nitrogens with one attached hydrogen (secondary N) is 2. The zero-order valence-electron chi connectivity index (χ0n) is 5.68. The van der Waals surface area contributed by atoms with Crippen LogP contribution in [0.15, 0.2) is 0 Å². The average Bonchev–Trinajstić information content (AvgIpc) is 1.88. The Kier molecular flexibility index (Phi) is 4.23. The normalized spacial score (nSPS) is 8.60. The molecule has 0 aliphatic heterocycles. The van der Waals surface area contributed by atoms with Crippen LogP contribution in [0, 0.1) is 0 Å². The molecule has 0 aromatic heterocycles. The van der Waals surface area contributed by atoms with Crippen molar-refractivity contribution >= 4 is 11.9 Å². The highest BCUT2D eigenvalue weighted by atomic mass is 16.3. The quantitative estimate of drug-likeness (QED) is 0.459. The molecule has 0 spiro atoms. The summed E-state index contributed by atoms with van der Waals surface area (Å²) < 4.78 is 0. The third-order valence-corrected chi connectivity index (χ3v) is 0.734. The van der Waals surface area contributed by atoms with Gasteiger partial charge in [0.2, 0.25) is 0 Å². The third-order valence-electron chi connectivity index (χ3n) is 0.734. The van der Waals surface area contributed by atoms with Crippen LogP contribution >= 0.6 is 0 Å². The topological polar surface area (TPSA) is 78.4 Å². The predicted molar refractivity (Wildman–Crippen MR) is 34.3 cm³/mol. The van der Waals surface area contributed by atoms with Crippen molar-refractivity contribution in [2.75, 3.05) is 13.2 Å². The summed E-state index contributed by atoms with van der Waals surface area (Å²) in [4.78, 5) is 20.7. The number of imide groups is 1. The van der Waals surface area contributed by atoms with Gasteiger partial charge in [-0.15, -0.1) is 0 Å². The fourth-order valence-electron chi connectivity index (χ4n) is 0.371. The van der Waals surface area contributed by atoms with Gasteiger partial charge in [-0.2, -0.15) is 0 Å². The molecule has 0 aliphatic carbocycles. The summed E-state index contributed by atoms with van der Waals surface area (Å²) in [6, 6.07) is -0.582. The lowest BCUT2D eigenvalue weighted by Gasteiger charge is -2.00. The number of carbonyl (C=O) groups excluding carboxylic acids is 2.